The van der Waals surface area contributed by atoms with Gasteiger partial charge in [0.2, 0.25) is 0 Å². The van der Waals surface area contributed by atoms with Gasteiger partial charge in [0.1, 0.15) is 0 Å². The van der Waals surface area contributed by atoms with Gasteiger partial charge in [-0.2, -0.15) is 0 Å². The van der Waals surface area contributed by atoms with Gasteiger partial charge in [-0.25, -0.2) is 0 Å². The molecule has 2 aliphatic carbocycles. The molecule has 0 spiro atoms. The fourth-order valence-corrected chi connectivity index (χ4v) is 2.25. The highest BCUT2D eigenvalue weighted by atomic mass is 16.3. The van der Waals surface area contributed by atoms with Crippen molar-refractivity contribution in [2.45, 2.75) is 44.2 Å². The lowest BCUT2D eigenvalue weighted by Crippen LogP contribution is -2.37. The number of nitrogens with two attached hydrogens (primary N) is 1. The number of aliphatic hydroxyl groups is 1. The van der Waals surface area contributed by atoms with Crippen molar-refractivity contribution in [2.24, 2.45) is 17.6 Å². The van der Waals surface area contributed by atoms with Crippen LogP contribution < -0.4 is 5.73 Å². The van der Waals surface area contributed by atoms with Crippen LogP contribution in [0.15, 0.2) is 0 Å². The fraction of sp³-hybridized carbons (Fsp3) is 1.00. The largest absolute Gasteiger partial charge is 0.393 e. The summed E-state index contributed by atoms with van der Waals surface area (Å²) in [6, 6.07) is 0.365. The Labute approximate surface area is 67.8 Å². The number of hydrogen-bond donors (Lipinski definition) is 2. The smallest absolute Gasteiger partial charge is 0.0572 e. The summed E-state index contributed by atoms with van der Waals surface area (Å²) in [6.45, 7) is 0. The monoisotopic (exact) mass is 155 g/mol. The van der Waals surface area contributed by atoms with Crippen LogP contribution in [0.3, 0.4) is 0 Å². The van der Waals surface area contributed by atoms with Crippen LogP contribution in [0.5, 0.6) is 0 Å². The summed E-state index contributed by atoms with van der Waals surface area (Å²) in [5, 5.41) is 9.64. The second-order valence-electron chi connectivity index (χ2n) is 4.14. The van der Waals surface area contributed by atoms with E-state index in [1.165, 1.54) is 12.8 Å². The lowest BCUT2D eigenvalue weighted by molar-refractivity contribution is 0.0514. The van der Waals surface area contributed by atoms with Crippen LogP contribution >= 0.6 is 0 Å². The highest BCUT2D eigenvalue weighted by Gasteiger charge is 2.38. The molecule has 0 saturated heterocycles. The second kappa shape index (κ2) is 2.76. The van der Waals surface area contributed by atoms with Crippen LogP contribution in [0.25, 0.3) is 0 Å². The molecule has 3 atom stereocenters. The molecule has 2 aliphatic rings. The predicted molar refractivity (Wildman–Crippen MR) is 44.0 cm³/mol. The maximum absolute atomic E-state index is 9.64. The normalized spacial score (nSPS) is 45.8. The molecular weight excluding hydrogens is 138 g/mol. The van der Waals surface area contributed by atoms with Crippen LogP contribution in [0.4, 0.5) is 0 Å². The highest BCUT2D eigenvalue weighted by molar-refractivity contribution is 4.91. The van der Waals surface area contributed by atoms with Crippen molar-refractivity contribution in [1.82, 2.24) is 0 Å². The van der Waals surface area contributed by atoms with Crippen molar-refractivity contribution in [1.29, 1.82) is 0 Å². The lowest BCUT2D eigenvalue weighted by Gasteiger charge is -2.31. The van der Waals surface area contributed by atoms with Gasteiger partial charge < -0.3 is 10.8 Å². The maximum Gasteiger partial charge on any atom is 0.0572 e. The molecule has 0 heterocycles. The number of hydrogen-bond acceptors (Lipinski definition) is 2. The molecule has 2 nitrogen and oxygen atoms in total. The number of aliphatic hydroxyl groups excluding tert-OH is 1. The molecule has 3 N–H and O–H groups in total. The molecular formula is C9H17NO. The number of rotatable bonds is 1. The first-order chi connectivity index (χ1) is 5.27. The Hall–Kier alpha value is -0.0800. The molecule has 0 aromatic carbocycles. The van der Waals surface area contributed by atoms with E-state index in [-0.39, 0.29) is 6.10 Å². The zero-order valence-corrected chi connectivity index (χ0v) is 6.87. The highest BCUT2D eigenvalue weighted by Crippen LogP contribution is 2.43. The molecule has 0 aromatic rings. The summed E-state index contributed by atoms with van der Waals surface area (Å²) in [6.07, 6.45) is 5.63. The SMILES string of the molecule is NC1CCC(O)C(C2CC2)C1. The molecule has 2 rings (SSSR count). The van der Waals surface area contributed by atoms with Gasteiger partial charge in [0.25, 0.3) is 0 Å². The second-order valence-corrected chi connectivity index (χ2v) is 4.14. The van der Waals surface area contributed by atoms with E-state index >= 15 is 0 Å². The summed E-state index contributed by atoms with van der Waals surface area (Å²) in [4.78, 5) is 0. The Morgan fingerprint density at radius 2 is 1.82 bits per heavy atom. The quantitative estimate of drug-likeness (QED) is 0.590. The van der Waals surface area contributed by atoms with Gasteiger partial charge in [-0.15, -0.1) is 0 Å². The molecule has 0 aromatic heterocycles. The van der Waals surface area contributed by atoms with E-state index in [0.717, 1.165) is 25.2 Å². The summed E-state index contributed by atoms with van der Waals surface area (Å²) >= 11 is 0. The van der Waals surface area contributed by atoms with E-state index < -0.39 is 0 Å². The standard InChI is InChI=1S/C9H17NO/c10-7-3-4-9(11)8(5-7)6-1-2-6/h6-9,11H,1-5,10H2. The van der Waals surface area contributed by atoms with Gasteiger partial charge in [-0.1, -0.05) is 0 Å². The zero-order valence-electron chi connectivity index (χ0n) is 6.87. The first-order valence-corrected chi connectivity index (χ1v) is 4.71. The topological polar surface area (TPSA) is 46.2 Å². The Bertz CT molecular complexity index is 144. The Kier molecular flexibility index (Phi) is 1.90. The molecule has 0 aliphatic heterocycles. The first-order valence-electron chi connectivity index (χ1n) is 4.71. The van der Waals surface area contributed by atoms with Crippen molar-refractivity contribution in [2.75, 3.05) is 0 Å². The van der Waals surface area contributed by atoms with Crippen molar-refractivity contribution >= 4 is 0 Å². The van der Waals surface area contributed by atoms with Crippen LogP contribution in [-0.4, -0.2) is 17.3 Å². The van der Waals surface area contributed by atoms with Crippen LogP contribution in [-0.2, 0) is 0 Å². The molecule has 2 saturated carbocycles. The minimum Gasteiger partial charge on any atom is -0.393 e. The van der Waals surface area contributed by atoms with Gasteiger partial charge in [0, 0.05) is 6.04 Å². The van der Waals surface area contributed by atoms with Gasteiger partial charge in [-0.05, 0) is 43.9 Å². The minimum absolute atomic E-state index is 0.0395. The molecule has 64 valence electrons. The van der Waals surface area contributed by atoms with Crippen molar-refractivity contribution < 1.29 is 5.11 Å². The summed E-state index contributed by atoms with van der Waals surface area (Å²) in [5.74, 6) is 1.36. The van der Waals surface area contributed by atoms with E-state index in [1.807, 2.05) is 0 Å². The van der Waals surface area contributed by atoms with Gasteiger partial charge >= 0.3 is 0 Å². The average molecular weight is 155 g/mol. The molecule has 2 heteroatoms. The van der Waals surface area contributed by atoms with Gasteiger partial charge in [0.05, 0.1) is 6.10 Å². The van der Waals surface area contributed by atoms with E-state index in [4.69, 9.17) is 5.73 Å². The Morgan fingerprint density at radius 3 is 2.45 bits per heavy atom. The summed E-state index contributed by atoms with van der Waals surface area (Å²) in [5.41, 5.74) is 5.84. The third-order valence-electron chi connectivity index (χ3n) is 3.13. The predicted octanol–water partition coefficient (Wildman–Crippen LogP) is 0.885. The zero-order chi connectivity index (χ0) is 7.84. The van der Waals surface area contributed by atoms with E-state index in [0.29, 0.717) is 12.0 Å². The Morgan fingerprint density at radius 1 is 1.09 bits per heavy atom. The van der Waals surface area contributed by atoms with Crippen LogP contribution in [0.1, 0.15) is 32.1 Å². The van der Waals surface area contributed by atoms with E-state index in [9.17, 15) is 5.11 Å². The summed E-state index contributed by atoms with van der Waals surface area (Å²) < 4.78 is 0. The minimum atomic E-state index is -0.0395. The van der Waals surface area contributed by atoms with Crippen molar-refractivity contribution in [3.8, 4) is 0 Å². The molecule has 11 heavy (non-hydrogen) atoms. The molecule has 0 amide bonds. The van der Waals surface area contributed by atoms with E-state index in [2.05, 4.69) is 0 Å². The average Bonchev–Trinajstić information content (AvgIpc) is 2.76. The molecule has 0 bridgehead atoms. The molecule has 3 unspecified atom stereocenters. The third kappa shape index (κ3) is 1.57. The fourth-order valence-electron chi connectivity index (χ4n) is 2.25. The van der Waals surface area contributed by atoms with Crippen LogP contribution in [0.2, 0.25) is 0 Å². The Balaban J connectivity index is 1.93. The molecule has 2 fully saturated rings. The lowest BCUT2D eigenvalue weighted by atomic mass is 9.81. The first kappa shape index (κ1) is 7.56. The summed E-state index contributed by atoms with van der Waals surface area (Å²) in [7, 11) is 0. The third-order valence-corrected chi connectivity index (χ3v) is 3.13. The molecule has 0 radical (unpaired) electrons. The van der Waals surface area contributed by atoms with Gasteiger partial charge in [0.15, 0.2) is 0 Å². The van der Waals surface area contributed by atoms with Crippen molar-refractivity contribution in [3.63, 3.8) is 0 Å². The van der Waals surface area contributed by atoms with E-state index in [1.54, 1.807) is 0 Å². The van der Waals surface area contributed by atoms with Crippen molar-refractivity contribution in [3.05, 3.63) is 0 Å². The maximum atomic E-state index is 9.64. The van der Waals surface area contributed by atoms with Crippen LogP contribution in [0, 0.1) is 11.8 Å². The van der Waals surface area contributed by atoms with Gasteiger partial charge in [-0.3, -0.25) is 0 Å².